The monoisotopic (exact) mass is 270 g/mol. The Morgan fingerprint density at radius 2 is 2.16 bits per heavy atom. The minimum absolute atomic E-state index is 0.0814. The topological polar surface area (TPSA) is 106 Å². The Labute approximate surface area is 110 Å². The van der Waals surface area contributed by atoms with Crippen molar-refractivity contribution in [3.8, 4) is 0 Å². The van der Waals surface area contributed by atoms with E-state index in [1.165, 1.54) is 10.9 Å². The van der Waals surface area contributed by atoms with Crippen LogP contribution in [0.4, 0.5) is 4.79 Å². The van der Waals surface area contributed by atoms with Crippen LogP contribution in [0, 0.1) is 0 Å². The number of aliphatic carboxylic acids is 1. The number of aromatic nitrogens is 3. The normalized spacial score (nSPS) is 12.8. The predicted molar refractivity (Wildman–Crippen MR) is 65.5 cm³/mol. The highest BCUT2D eigenvalue weighted by atomic mass is 16.6. The van der Waals surface area contributed by atoms with Gasteiger partial charge in [-0.2, -0.15) is 0 Å². The number of nitrogens with zero attached hydrogens (tertiary/aromatic N) is 3. The molecule has 1 unspecified atom stereocenters. The van der Waals surface area contributed by atoms with Crippen molar-refractivity contribution < 1.29 is 19.4 Å². The Balaban J connectivity index is 2.67. The van der Waals surface area contributed by atoms with Crippen LogP contribution in [0.5, 0.6) is 0 Å². The minimum Gasteiger partial charge on any atom is -0.480 e. The van der Waals surface area contributed by atoms with Crippen molar-refractivity contribution in [2.24, 2.45) is 7.05 Å². The largest absolute Gasteiger partial charge is 0.480 e. The Kier molecular flexibility index (Phi) is 4.47. The number of hydrogen-bond acceptors (Lipinski definition) is 5. The zero-order chi connectivity index (χ0) is 14.6. The molecule has 1 rings (SSSR count). The SMILES string of the molecule is Cn1nncc1CC(NC(=O)OC(C)(C)C)C(=O)O. The van der Waals surface area contributed by atoms with Gasteiger partial charge in [0.05, 0.1) is 11.9 Å². The first-order valence-electron chi connectivity index (χ1n) is 5.75. The van der Waals surface area contributed by atoms with Gasteiger partial charge in [-0.1, -0.05) is 5.21 Å². The molecule has 0 aliphatic rings. The summed E-state index contributed by atoms with van der Waals surface area (Å²) in [4.78, 5) is 22.7. The van der Waals surface area contributed by atoms with Crippen molar-refractivity contribution in [2.45, 2.75) is 38.8 Å². The number of amides is 1. The highest BCUT2D eigenvalue weighted by Gasteiger charge is 2.25. The standard InChI is InChI=1S/C11H18N4O4/c1-11(2,3)19-10(18)13-8(9(16)17)5-7-6-12-14-15(7)4/h6,8H,5H2,1-4H3,(H,13,18)(H,16,17). The Hall–Kier alpha value is -2.12. The van der Waals surface area contributed by atoms with Crippen molar-refractivity contribution in [3.05, 3.63) is 11.9 Å². The summed E-state index contributed by atoms with van der Waals surface area (Å²) in [5.41, 5.74) is -0.0789. The molecule has 0 bridgehead atoms. The number of hydrogen-bond donors (Lipinski definition) is 2. The molecule has 1 aromatic heterocycles. The molecule has 0 spiro atoms. The average Bonchev–Trinajstić information content (AvgIpc) is 2.60. The first-order chi connectivity index (χ1) is 8.69. The molecule has 2 N–H and O–H groups in total. The van der Waals surface area contributed by atoms with Crippen LogP contribution in [0.1, 0.15) is 26.5 Å². The van der Waals surface area contributed by atoms with E-state index in [1.807, 2.05) is 0 Å². The fourth-order valence-electron chi connectivity index (χ4n) is 1.35. The molecule has 8 nitrogen and oxygen atoms in total. The van der Waals surface area contributed by atoms with Crippen LogP contribution in [-0.4, -0.2) is 43.8 Å². The lowest BCUT2D eigenvalue weighted by atomic mass is 10.1. The zero-order valence-electron chi connectivity index (χ0n) is 11.4. The van der Waals surface area contributed by atoms with Crippen LogP contribution in [0.2, 0.25) is 0 Å². The number of aryl methyl sites for hydroxylation is 1. The highest BCUT2D eigenvalue weighted by molar-refractivity contribution is 5.80. The molecule has 0 aliphatic carbocycles. The van der Waals surface area contributed by atoms with E-state index in [9.17, 15) is 9.59 Å². The molecular formula is C11H18N4O4. The molecule has 8 heteroatoms. The number of nitrogens with one attached hydrogen (secondary N) is 1. The van der Waals surface area contributed by atoms with Gasteiger partial charge in [0, 0.05) is 13.5 Å². The van der Waals surface area contributed by atoms with Gasteiger partial charge in [-0.3, -0.25) is 4.68 Å². The number of carboxylic acids is 1. The van der Waals surface area contributed by atoms with Gasteiger partial charge in [-0.05, 0) is 20.8 Å². The first-order valence-corrected chi connectivity index (χ1v) is 5.75. The molecular weight excluding hydrogens is 252 g/mol. The lowest BCUT2D eigenvalue weighted by Crippen LogP contribution is -2.44. The predicted octanol–water partition coefficient (Wildman–Crippen LogP) is 0.335. The van der Waals surface area contributed by atoms with E-state index in [0.717, 1.165) is 0 Å². The number of carbonyl (C=O) groups is 2. The fourth-order valence-corrected chi connectivity index (χ4v) is 1.35. The van der Waals surface area contributed by atoms with Crippen molar-refractivity contribution >= 4 is 12.1 Å². The smallest absolute Gasteiger partial charge is 0.408 e. The molecule has 1 aromatic rings. The molecule has 0 radical (unpaired) electrons. The second-order valence-electron chi connectivity index (χ2n) is 5.09. The van der Waals surface area contributed by atoms with Crippen molar-refractivity contribution in [3.63, 3.8) is 0 Å². The first kappa shape index (κ1) is 14.9. The van der Waals surface area contributed by atoms with Crippen LogP contribution in [0.25, 0.3) is 0 Å². The summed E-state index contributed by atoms with van der Waals surface area (Å²) in [5.74, 6) is -1.15. The summed E-state index contributed by atoms with van der Waals surface area (Å²) in [5, 5.41) is 18.7. The molecule has 1 heterocycles. The molecule has 0 saturated heterocycles. The quantitative estimate of drug-likeness (QED) is 0.816. The molecule has 1 amide bonds. The molecule has 106 valence electrons. The number of alkyl carbamates (subject to hydrolysis) is 1. The van der Waals surface area contributed by atoms with Crippen molar-refractivity contribution in [1.82, 2.24) is 20.3 Å². The van der Waals surface area contributed by atoms with Gasteiger partial charge < -0.3 is 15.2 Å². The van der Waals surface area contributed by atoms with E-state index in [-0.39, 0.29) is 6.42 Å². The van der Waals surface area contributed by atoms with E-state index >= 15 is 0 Å². The van der Waals surface area contributed by atoms with Gasteiger partial charge in [0.15, 0.2) is 0 Å². The van der Waals surface area contributed by atoms with Crippen LogP contribution in [0.3, 0.4) is 0 Å². The van der Waals surface area contributed by atoms with E-state index in [4.69, 9.17) is 9.84 Å². The lowest BCUT2D eigenvalue weighted by molar-refractivity contribution is -0.139. The molecule has 0 saturated carbocycles. The molecule has 0 fully saturated rings. The second-order valence-corrected chi connectivity index (χ2v) is 5.09. The fraction of sp³-hybridized carbons (Fsp3) is 0.636. The Morgan fingerprint density at radius 1 is 1.53 bits per heavy atom. The third-order valence-corrected chi connectivity index (χ3v) is 2.21. The summed E-state index contributed by atoms with van der Waals surface area (Å²) >= 11 is 0. The van der Waals surface area contributed by atoms with Crippen LogP contribution in [-0.2, 0) is 23.0 Å². The summed E-state index contributed by atoms with van der Waals surface area (Å²) in [6.45, 7) is 5.11. The lowest BCUT2D eigenvalue weighted by Gasteiger charge is -2.21. The summed E-state index contributed by atoms with van der Waals surface area (Å²) in [6, 6.07) is -1.09. The average molecular weight is 270 g/mol. The van der Waals surface area contributed by atoms with E-state index in [2.05, 4.69) is 15.6 Å². The molecule has 19 heavy (non-hydrogen) atoms. The van der Waals surface area contributed by atoms with E-state index in [0.29, 0.717) is 5.69 Å². The number of carbonyl (C=O) groups excluding carboxylic acids is 1. The van der Waals surface area contributed by atoms with Crippen molar-refractivity contribution in [2.75, 3.05) is 0 Å². The summed E-state index contributed by atoms with van der Waals surface area (Å²) in [6.07, 6.45) is 0.764. The number of ether oxygens (including phenoxy) is 1. The molecule has 0 aliphatic heterocycles. The van der Waals surface area contributed by atoms with Gasteiger partial charge in [0.25, 0.3) is 0 Å². The second kappa shape index (κ2) is 5.68. The van der Waals surface area contributed by atoms with Crippen LogP contribution >= 0.6 is 0 Å². The van der Waals surface area contributed by atoms with Gasteiger partial charge >= 0.3 is 12.1 Å². The third-order valence-electron chi connectivity index (χ3n) is 2.21. The maximum absolute atomic E-state index is 11.6. The number of carboxylic acid groups (broad SMARTS) is 1. The molecule has 1 atom stereocenters. The number of rotatable bonds is 4. The zero-order valence-corrected chi connectivity index (χ0v) is 11.4. The Bertz CT molecular complexity index is 464. The summed E-state index contributed by atoms with van der Waals surface area (Å²) in [7, 11) is 1.65. The van der Waals surface area contributed by atoms with Gasteiger partial charge in [0.2, 0.25) is 0 Å². The maximum atomic E-state index is 11.6. The van der Waals surface area contributed by atoms with Crippen LogP contribution in [0.15, 0.2) is 6.20 Å². The summed E-state index contributed by atoms with van der Waals surface area (Å²) < 4.78 is 6.47. The van der Waals surface area contributed by atoms with Gasteiger partial charge in [0.1, 0.15) is 11.6 Å². The van der Waals surface area contributed by atoms with Gasteiger partial charge in [-0.25, -0.2) is 9.59 Å². The highest BCUT2D eigenvalue weighted by Crippen LogP contribution is 2.08. The minimum atomic E-state index is -1.15. The maximum Gasteiger partial charge on any atom is 0.408 e. The van der Waals surface area contributed by atoms with E-state index < -0.39 is 23.7 Å². The van der Waals surface area contributed by atoms with E-state index in [1.54, 1.807) is 27.8 Å². The van der Waals surface area contributed by atoms with Gasteiger partial charge in [-0.15, -0.1) is 5.10 Å². The third kappa shape index (κ3) is 4.94. The van der Waals surface area contributed by atoms with Crippen LogP contribution < -0.4 is 5.32 Å². The Morgan fingerprint density at radius 3 is 2.58 bits per heavy atom. The van der Waals surface area contributed by atoms with Crippen molar-refractivity contribution in [1.29, 1.82) is 0 Å². The molecule has 0 aromatic carbocycles.